The van der Waals surface area contributed by atoms with Crippen LogP contribution < -0.4 is 16.0 Å². The molecule has 0 saturated carbocycles. The first kappa shape index (κ1) is 36.3. The summed E-state index contributed by atoms with van der Waals surface area (Å²) >= 11 is 2.78. The molecule has 1 aliphatic rings. The van der Waals surface area contributed by atoms with Gasteiger partial charge >= 0.3 is 5.97 Å². The molecule has 6 rings (SSSR count). The monoisotopic (exact) mass is 729 g/mol. The molecule has 5 aromatic rings. The van der Waals surface area contributed by atoms with Crippen LogP contribution in [-0.2, 0) is 27.2 Å². The summed E-state index contributed by atoms with van der Waals surface area (Å²) < 4.78 is 5.14. The van der Waals surface area contributed by atoms with Crippen molar-refractivity contribution in [2.24, 2.45) is 5.92 Å². The summed E-state index contributed by atoms with van der Waals surface area (Å²) in [7, 11) is 1.36. The van der Waals surface area contributed by atoms with Crippen molar-refractivity contribution in [1.82, 2.24) is 5.32 Å². The van der Waals surface area contributed by atoms with Gasteiger partial charge < -0.3 is 20.7 Å². The third-order valence-corrected chi connectivity index (χ3v) is 11.3. The van der Waals surface area contributed by atoms with Crippen LogP contribution in [0.2, 0.25) is 0 Å². The zero-order valence-electron chi connectivity index (χ0n) is 29.1. The molecule has 3 N–H and O–H groups in total. The molecule has 0 saturated heterocycles. The fourth-order valence-electron chi connectivity index (χ4n) is 6.06. The molecule has 0 radical (unpaired) electrons. The quantitative estimate of drug-likeness (QED) is 0.0712. The number of carbonyl (C=O) groups is 4. The van der Waals surface area contributed by atoms with Crippen LogP contribution in [0.1, 0.15) is 66.4 Å². The van der Waals surface area contributed by atoms with E-state index in [4.69, 9.17) is 4.74 Å². The molecule has 3 amide bonds. The summed E-state index contributed by atoms with van der Waals surface area (Å²) in [6.45, 7) is 4.13. The number of ether oxygens (including phenoxy) is 1. The van der Waals surface area contributed by atoms with Gasteiger partial charge in [0.2, 0.25) is 5.91 Å². The van der Waals surface area contributed by atoms with Gasteiger partial charge in [0.05, 0.1) is 12.7 Å². The topological polar surface area (TPSA) is 114 Å². The highest BCUT2D eigenvalue weighted by atomic mass is 32.2. The van der Waals surface area contributed by atoms with Crippen LogP contribution in [0.5, 0.6) is 0 Å². The fraction of sp³-hybridized carbons (Fsp3) is 0.190. The number of anilines is 2. The minimum Gasteiger partial charge on any atom is -0.465 e. The number of fused-ring (bicyclic) bond motifs is 1. The summed E-state index contributed by atoms with van der Waals surface area (Å²) in [6, 6.07) is 33.0. The number of aryl methyl sites for hydroxylation is 1. The molecule has 0 fully saturated rings. The molecular formula is C42H39N3O5S2. The Morgan fingerprint density at radius 2 is 1.60 bits per heavy atom. The van der Waals surface area contributed by atoms with Crippen LogP contribution in [0, 0.1) is 12.8 Å². The van der Waals surface area contributed by atoms with E-state index in [1.165, 1.54) is 30.2 Å². The first-order valence-electron chi connectivity index (χ1n) is 17.0. The zero-order valence-corrected chi connectivity index (χ0v) is 30.7. The van der Waals surface area contributed by atoms with Gasteiger partial charge in [0.1, 0.15) is 15.9 Å². The van der Waals surface area contributed by atoms with Crippen molar-refractivity contribution in [1.29, 1.82) is 0 Å². The first-order chi connectivity index (χ1) is 25.2. The van der Waals surface area contributed by atoms with Crippen LogP contribution in [0.3, 0.4) is 0 Å². The summed E-state index contributed by atoms with van der Waals surface area (Å²) in [4.78, 5) is 55.8. The maximum Gasteiger partial charge on any atom is 0.341 e. The smallest absolute Gasteiger partial charge is 0.341 e. The third kappa shape index (κ3) is 8.70. The van der Waals surface area contributed by atoms with E-state index < -0.39 is 23.0 Å². The molecule has 0 spiro atoms. The molecule has 10 heteroatoms. The number of nitrogens with one attached hydrogen (secondary N) is 3. The second-order valence-corrected chi connectivity index (χ2v) is 14.9. The number of esters is 1. The van der Waals surface area contributed by atoms with Gasteiger partial charge in [0.15, 0.2) is 0 Å². The molecule has 1 heterocycles. The van der Waals surface area contributed by atoms with E-state index in [1.54, 1.807) is 48.5 Å². The minimum atomic E-state index is -0.683. The number of methoxy groups -OCH3 is 1. The highest BCUT2D eigenvalue weighted by Crippen LogP contribution is 2.42. The van der Waals surface area contributed by atoms with E-state index in [1.807, 2.05) is 73.7 Å². The maximum atomic E-state index is 14.1. The van der Waals surface area contributed by atoms with Crippen molar-refractivity contribution in [2.45, 2.75) is 43.3 Å². The molecule has 0 aliphatic heterocycles. The SMILES string of the molecule is COC(=O)c1c(NC(=O)C(Sc2cccc(NC(=O)/C(=C/c3ccccc3C)NC(=O)c3ccccc3)c2)c2ccccc2)sc2c1CCC(C)C2. The van der Waals surface area contributed by atoms with E-state index in [0.29, 0.717) is 27.7 Å². The molecule has 52 heavy (non-hydrogen) atoms. The number of rotatable bonds is 11. The van der Waals surface area contributed by atoms with Crippen LogP contribution in [-0.4, -0.2) is 30.8 Å². The van der Waals surface area contributed by atoms with E-state index in [9.17, 15) is 19.2 Å². The minimum absolute atomic E-state index is 0.0807. The van der Waals surface area contributed by atoms with Crippen molar-refractivity contribution in [3.63, 3.8) is 0 Å². The van der Waals surface area contributed by atoms with E-state index in [-0.39, 0.29) is 11.6 Å². The first-order valence-corrected chi connectivity index (χ1v) is 18.7. The van der Waals surface area contributed by atoms with Gasteiger partial charge in [-0.3, -0.25) is 14.4 Å². The van der Waals surface area contributed by atoms with Crippen molar-refractivity contribution >= 4 is 63.6 Å². The van der Waals surface area contributed by atoms with Gasteiger partial charge in [-0.25, -0.2) is 4.79 Å². The molecule has 1 aromatic heterocycles. The summed E-state index contributed by atoms with van der Waals surface area (Å²) in [5.41, 5.74) is 4.91. The highest BCUT2D eigenvalue weighted by Gasteiger charge is 2.31. The number of carbonyl (C=O) groups excluding carboxylic acids is 4. The molecule has 2 atom stereocenters. The van der Waals surface area contributed by atoms with Crippen LogP contribution >= 0.6 is 23.1 Å². The Kier molecular flexibility index (Phi) is 11.7. The number of thioether (sulfide) groups is 1. The van der Waals surface area contributed by atoms with Gasteiger partial charge in [-0.15, -0.1) is 23.1 Å². The fourth-order valence-corrected chi connectivity index (χ4v) is 8.55. The lowest BCUT2D eigenvalue weighted by Crippen LogP contribution is -2.30. The van der Waals surface area contributed by atoms with Crippen molar-refractivity contribution in [2.75, 3.05) is 17.7 Å². The Morgan fingerprint density at radius 1 is 0.885 bits per heavy atom. The van der Waals surface area contributed by atoms with Gasteiger partial charge in [0.25, 0.3) is 11.8 Å². The molecular weight excluding hydrogens is 691 g/mol. The number of hydrogen-bond acceptors (Lipinski definition) is 7. The molecule has 2 unspecified atom stereocenters. The number of thiophene rings is 1. The van der Waals surface area contributed by atoms with Gasteiger partial charge in [-0.05, 0) is 90.8 Å². The Morgan fingerprint density at radius 3 is 2.33 bits per heavy atom. The third-order valence-electron chi connectivity index (χ3n) is 8.84. The lowest BCUT2D eigenvalue weighted by Gasteiger charge is -2.18. The van der Waals surface area contributed by atoms with Gasteiger partial charge in [0, 0.05) is 21.0 Å². The number of hydrogen-bond donors (Lipinski definition) is 3. The molecule has 0 bridgehead atoms. The Hall–Kier alpha value is -5.45. The second kappa shape index (κ2) is 16.7. The van der Waals surface area contributed by atoms with Crippen LogP contribution in [0.15, 0.2) is 120 Å². The molecule has 264 valence electrons. The predicted molar refractivity (Wildman–Crippen MR) is 209 cm³/mol. The van der Waals surface area contributed by atoms with E-state index in [2.05, 4.69) is 22.9 Å². The van der Waals surface area contributed by atoms with Crippen LogP contribution in [0.4, 0.5) is 10.7 Å². The number of benzene rings is 4. The average molecular weight is 730 g/mol. The van der Waals surface area contributed by atoms with Gasteiger partial charge in [-0.1, -0.05) is 85.8 Å². The van der Waals surface area contributed by atoms with E-state index in [0.717, 1.165) is 51.3 Å². The molecule has 8 nitrogen and oxygen atoms in total. The predicted octanol–water partition coefficient (Wildman–Crippen LogP) is 8.85. The summed E-state index contributed by atoms with van der Waals surface area (Å²) in [5.74, 6) is -1.15. The van der Waals surface area contributed by atoms with Crippen molar-refractivity contribution < 1.29 is 23.9 Å². The largest absolute Gasteiger partial charge is 0.465 e. The van der Waals surface area contributed by atoms with Crippen molar-refractivity contribution in [3.8, 4) is 0 Å². The van der Waals surface area contributed by atoms with E-state index >= 15 is 0 Å². The maximum absolute atomic E-state index is 14.1. The Balaban J connectivity index is 1.25. The summed E-state index contributed by atoms with van der Waals surface area (Å²) in [6.07, 6.45) is 4.25. The number of amides is 3. The van der Waals surface area contributed by atoms with Crippen molar-refractivity contribution in [3.05, 3.63) is 153 Å². The average Bonchev–Trinajstić information content (AvgIpc) is 3.51. The highest BCUT2D eigenvalue weighted by molar-refractivity contribution is 8.00. The zero-order chi connectivity index (χ0) is 36.6. The Labute approximate surface area is 311 Å². The normalized spacial score (nSPS) is 14.4. The lowest BCUT2D eigenvalue weighted by molar-refractivity contribution is -0.116. The molecule has 4 aromatic carbocycles. The van der Waals surface area contributed by atoms with Gasteiger partial charge in [-0.2, -0.15) is 0 Å². The lowest BCUT2D eigenvalue weighted by atomic mass is 9.88. The summed E-state index contributed by atoms with van der Waals surface area (Å²) in [5, 5.41) is 8.62. The Bertz CT molecular complexity index is 2130. The molecule has 1 aliphatic carbocycles. The standard InChI is InChI=1S/C42H39N3O5S2/c1-26-21-22-33-35(23-26)52-41(36(33)42(49)50-3)45-40(48)37(28-14-6-4-7-15-28)51-32-20-12-19-31(25-32)43-39(47)34(24-30-18-11-10-13-27(30)2)44-38(46)29-16-8-5-9-17-29/h4-20,24-26,37H,21-23H2,1-3H3,(H,43,47)(H,44,46)(H,45,48)/b34-24-. The second-order valence-electron chi connectivity index (χ2n) is 12.7. The van der Waals surface area contributed by atoms with Crippen LogP contribution in [0.25, 0.3) is 6.08 Å².